The second kappa shape index (κ2) is 5.39. The van der Waals surface area contributed by atoms with E-state index in [2.05, 4.69) is 31.5 Å². The molecule has 2 aliphatic heterocycles. The largest absolute Gasteiger partial charge is 0.368 e. The lowest BCUT2D eigenvalue weighted by Gasteiger charge is -2.32. The van der Waals surface area contributed by atoms with Crippen molar-refractivity contribution in [2.24, 2.45) is 0 Å². The Labute approximate surface area is 129 Å². The van der Waals surface area contributed by atoms with Gasteiger partial charge in [-0.05, 0) is 22.6 Å². The molecule has 1 fully saturated rings. The molecule has 1 saturated heterocycles. The van der Waals surface area contributed by atoms with Crippen LogP contribution in [-0.2, 0) is 4.74 Å². The number of hydrogen-bond acceptors (Lipinski definition) is 7. The molecule has 2 aromatic rings. The van der Waals surface area contributed by atoms with E-state index in [9.17, 15) is 0 Å². The highest BCUT2D eigenvalue weighted by Crippen LogP contribution is 2.26. The highest BCUT2D eigenvalue weighted by molar-refractivity contribution is 14.2. The number of ether oxygens (including phenoxy) is 1. The maximum absolute atomic E-state index is 5.83. The summed E-state index contributed by atoms with van der Waals surface area (Å²) in [6, 6.07) is 0. The number of fused-ring (bicyclic) bond motifs is 1. The van der Waals surface area contributed by atoms with Crippen molar-refractivity contribution in [2.45, 2.75) is 6.10 Å². The normalized spacial score (nSPS) is 23.0. The Balaban J connectivity index is 1.56. The quantitative estimate of drug-likeness (QED) is 0.701. The Bertz CT molecular complexity index is 666. The predicted octanol–water partition coefficient (Wildman–Crippen LogP) is 1.09. The molecule has 2 aliphatic rings. The first-order valence-electron chi connectivity index (χ1n) is 6.15. The summed E-state index contributed by atoms with van der Waals surface area (Å²) in [6.45, 7) is 2.50. The molecule has 0 amide bonds. The third kappa shape index (κ3) is 2.34. The van der Waals surface area contributed by atoms with Crippen molar-refractivity contribution in [3.8, 4) is 0 Å². The summed E-state index contributed by atoms with van der Waals surface area (Å²) in [4.78, 5) is 6.74. The van der Waals surface area contributed by atoms with E-state index < -0.39 is 0 Å². The van der Waals surface area contributed by atoms with Crippen molar-refractivity contribution in [1.82, 2.24) is 28.3 Å². The highest BCUT2D eigenvalue weighted by atomic mass is 127. The fourth-order valence-electron chi connectivity index (χ4n) is 2.14. The van der Waals surface area contributed by atoms with Crippen molar-refractivity contribution in [3.63, 3.8) is 0 Å². The van der Waals surface area contributed by atoms with Crippen LogP contribution in [0.3, 0.4) is 0 Å². The summed E-state index contributed by atoms with van der Waals surface area (Å²) in [5.74, 6) is 0.853. The van der Waals surface area contributed by atoms with Crippen molar-refractivity contribution < 1.29 is 4.74 Å². The van der Waals surface area contributed by atoms with Gasteiger partial charge >= 0.3 is 0 Å². The Hall–Kier alpha value is -1.04. The van der Waals surface area contributed by atoms with Gasteiger partial charge in [-0.3, -0.25) is 4.90 Å². The molecule has 9 heteroatoms. The lowest BCUT2D eigenvalue weighted by atomic mass is 10.2. The average molecular weight is 402 g/mol. The maximum Gasteiger partial charge on any atom is 0.184 e. The number of halogens is 1. The molecule has 0 N–H and O–H groups in total. The summed E-state index contributed by atoms with van der Waals surface area (Å²) in [6.07, 6.45) is 6.02. The van der Waals surface area contributed by atoms with Crippen LogP contribution in [0.5, 0.6) is 0 Å². The zero-order valence-electron chi connectivity index (χ0n) is 10.4. The average Bonchev–Trinajstić information content (AvgIpc) is 3.18. The third-order valence-corrected chi connectivity index (χ3v) is 6.63. The van der Waals surface area contributed by atoms with Gasteiger partial charge in [0.15, 0.2) is 5.82 Å². The van der Waals surface area contributed by atoms with Gasteiger partial charge in [-0.15, -0.1) is 16.4 Å². The fraction of sp³-hybridized carbons (Fsp3) is 0.364. The molecule has 4 rings (SSSR count). The first-order chi connectivity index (χ1) is 9.90. The minimum Gasteiger partial charge on any atom is -0.368 e. The topological polar surface area (TPSA) is 69.0 Å². The van der Waals surface area contributed by atoms with Crippen molar-refractivity contribution in [3.05, 3.63) is 28.5 Å². The summed E-state index contributed by atoms with van der Waals surface area (Å²) in [5, 5.41) is 14.8. The Kier molecular flexibility index (Phi) is 3.42. The standard InChI is InChI=1S/C11H11IN6OS/c1-2-10-14-15-16-18(10)12-9(1)17-4-5-19-8(7-17)11-13-3-6-20-11/h1-3,6,8H,4-5,7H2. The van der Waals surface area contributed by atoms with Crippen LogP contribution in [0.2, 0.25) is 0 Å². The molecule has 0 aromatic carbocycles. The number of tetrazole rings is 1. The van der Waals surface area contributed by atoms with Gasteiger partial charge in [0.1, 0.15) is 11.1 Å². The van der Waals surface area contributed by atoms with E-state index in [-0.39, 0.29) is 27.1 Å². The highest BCUT2D eigenvalue weighted by Gasteiger charge is 2.26. The minimum absolute atomic E-state index is 0.0731. The van der Waals surface area contributed by atoms with Crippen LogP contribution in [0.4, 0.5) is 0 Å². The molecule has 4 heterocycles. The van der Waals surface area contributed by atoms with Crippen LogP contribution in [0.15, 0.2) is 17.7 Å². The van der Waals surface area contributed by atoms with Crippen LogP contribution < -0.4 is 0 Å². The molecule has 0 spiro atoms. The van der Waals surface area contributed by atoms with Gasteiger partial charge in [0.2, 0.25) is 0 Å². The number of nitrogens with zero attached hydrogens (tertiary/aromatic N) is 6. The SMILES string of the molecule is C1=Cc2nnnn2I=C1N1CCOC(c2nccs2)C1. The van der Waals surface area contributed by atoms with Crippen LogP contribution in [-0.4, -0.2) is 51.6 Å². The fourth-order valence-corrected chi connectivity index (χ4v) is 5.05. The first-order valence-corrected chi connectivity index (χ1v) is 9.07. The van der Waals surface area contributed by atoms with E-state index in [1.807, 2.05) is 20.5 Å². The van der Waals surface area contributed by atoms with Gasteiger partial charge in [-0.2, -0.15) is 2.90 Å². The van der Waals surface area contributed by atoms with Gasteiger partial charge in [-0.25, -0.2) is 4.98 Å². The Morgan fingerprint density at radius 3 is 3.30 bits per heavy atom. The van der Waals surface area contributed by atoms with Gasteiger partial charge in [0, 0.05) is 45.7 Å². The predicted molar refractivity (Wildman–Crippen MR) is 83.7 cm³/mol. The lowest BCUT2D eigenvalue weighted by Crippen LogP contribution is -2.41. The first kappa shape index (κ1) is 12.7. The van der Waals surface area contributed by atoms with Gasteiger partial charge in [0.05, 0.1) is 10.2 Å². The molecule has 2 aromatic heterocycles. The summed E-state index contributed by atoms with van der Waals surface area (Å²) < 4.78 is 9.08. The summed E-state index contributed by atoms with van der Waals surface area (Å²) >= 11 is 1.28. The monoisotopic (exact) mass is 402 g/mol. The van der Waals surface area contributed by atoms with E-state index in [1.54, 1.807) is 11.3 Å². The number of thiazole rings is 1. The van der Waals surface area contributed by atoms with Crippen LogP contribution >= 0.6 is 32.3 Å². The number of hydrogen-bond donors (Lipinski definition) is 0. The smallest absolute Gasteiger partial charge is 0.184 e. The van der Waals surface area contributed by atoms with E-state index in [1.165, 1.54) is 3.63 Å². The van der Waals surface area contributed by atoms with Crippen molar-refractivity contribution in [1.29, 1.82) is 0 Å². The van der Waals surface area contributed by atoms with E-state index in [0.717, 1.165) is 30.5 Å². The Morgan fingerprint density at radius 2 is 2.40 bits per heavy atom. The molecular weight excluding hydrogens is 391 g/mol. The summed E-state index contributed by atoms with van der Waals surface area (Å²) in [7, 11) is 0. The second-order valence-electron chi connectivity index (χ2n) is 4.31. The molecule has 20 heavy (non-hydrogen) atoms. The molecule has 0 saturated carbocycles. The molecule has 0 bridgehead atoms. The number of rotatable bonds is 2. The second-order valence-corrected chi connectivity index (χ2v) is 7.74. The molecule has 7 nitrogen and oxygen atoms in total. The van der Waals surface area contributed by atoms with Crippen LogP contribution in [0.1, 0.15) is 16.9 Å². The summed E-state index contributed by atoms with van der Waals surface area (Å²) in [5.41, 5.74) is 0. The van der Waals surface area contributed by atoms with Crippen molar-refractivity contribution >= 4 is 42.1 Å². The lowest BCUT2D eigenvalue weighted by molar-refractivity contribution is -0.00582. The van der Waals surface area contributed by atoms with Crippen LogP contribution in [0, 0.1) is 0 Å². The van der Waals surface area contributed by atoms with E-state index in [0.29, 0.717) is 0 Å². The number of aromatic nitrogens is 5. The Morgan fingerprint density at radius 1 is 1.40 bits per heavy atom. The minimum atomic E-state index is -0.373. The van der Waals surface area contributed by atoms with Gasteiger partial charge in [0.25, 0.3) is 0 Å². The van der Waals surface area contributed by atoms with Crippen LogP contribution in [0.25, 0.3) is 6.08 Å². The van der Waals surface area contributed by atoms with E-state index in [4.69, 9.17) is 4.74 Å². The molecule has 104 valence electrons. The van der Waals surface area contributed by atoms with Gasteiger partial charge < -0.3 is 4.74 Å². The number of morpholine rings is 1. The zero-order valence-corrected chi connectivity index (χ0v) is 13.4. The van der Waals surface area contributed by atoms with E-state index >= 15 is 0 Å². The molecule has 0 aliphatic carbocycles. The van der Waals surface area contributed by atoms with Crippen molar-refractivity contribution in [2.75, 3.05) is 19.7 Å². The molecular formula is C11H11IN6OS. The molecule has 1 unspecified atom stereocenters. The third-order valence-electron chi connectivity index (χ3n) is 3.09. The molecule has 0 radical (unpaired) electrons. The maximum atomic E-state index is 5.83. The molecule has 1 atom stereocenters. The van der Waals surface area contributed by atoms with Gasteiger partial charge in [-0.1, -0.05) is 0 Å². The zero-order chi connectivity index (χ0) is 13.4.